The van der Waals surface area contributed by atoms with Gasteiger partial charge in [0.25, 0.3) is 0 Å². The van der Waals surface area contributed by atoms with Crippen LogP contribution in [-0.2, 0) is 24.9 Å². The van der Waals surface area contributed by atoms with E-state index in [0.29, 0.717) is 6.04 Å². The number of nitrogens with zero attached hydrogens (tertiary/aromatic N) is 4. The molecule has 0 unspecified atom stereocenters. The number of tetrazole rings is 1. The normalized spacial score (nSPS) is 26.2. The van der Waals surface area contributed by atoms with E-state index in [2.05, 4.69) is 65.9 Å². The molecule has 5 heteroatoms. The van der Waals surface area contributed by atoms with E-state index in [9.17, 15) is 0 Å². The van der Waals surface area contributed by atoms with Crippen LogP contribution in [0.3, 0.4) is 0 Å². The van der Waals surface area contributed by atoms with Crippen LogP contribution in [0.1, 0.15) is 50.6 Å². The van der Waals surface area contributed by atoms with E-state index < -0.39 is 0 Å². The molecule has 1 aromatic heterocycles. The molecule has 5 nitrogen and oxygen atoms in total. The maximum atomic E-state index is 4.24. The first-order valence-corrected chi connectivity index (χ1v) is 9.10. The highest BCUT2D eigenvalue weighted by Crippen LogP contribution is 2.40. The highest BCUT2D eigenvalue weighted by molar-refractivity contribution is 5.30. The Balaban J connectivity index is 1.50. The lowest BCUT2D eigenvalue weighted by Crippen LogP contribution is -2.39. The number of fused-ring (bicyclic) bond motifs is 3. The molecule has 0 aliphatic heterocycles. The molecule has 1 fully saturated rings. The lowest BCUT2D eigenvalue weighted by atomic mass is 9.94. The van der Waals surface area contributed by atoms with E-state index in [1.807, 2.05) is 4.68 Å². The van der Waals surface area contributed by atoms with Crippen LogP contribution >= 0.6 is 0 Å². The van der Waals surface area contributed by atoms with Crippen LogP contribution in [0.25, 0.3) is 0 Å². The van der Waals surface area contributed by atoms with Crippen LogP contribution < -0.4 is 5.32 Å². The Hall–Kier alpha value is -1.75. The van der Waals surface area contributed by atoms with Gasteiger partial charge < -0.3 is 5.32 Å². The van der Waals surface area contributed by atoms with Crippen LogP contribution in [0.2, 0.25) is 0 Å². The summed E-state index contributed by atoms with van der Waals surface area (Å²) in [6, 6.07) is 9.55. The zero-order valence-electron chi connectivity index (χ0n) is 14.9. The maximum absolute atomic E-state index is 4.24. The van der Waals surface area contributed by atoms with E-state index in [4.69, 9.17) is 0 Å². The number of benzene rings is 1. The van der Waals surface area contributed by atoms with E-state index >= 15 is 0 Å². The number of aromatic nitrogens is 4. The Morgan fingerprint density at radius 2 is 1.71 bits per heavy atom. The second kappa shape index (κ2) is 5.96. The molecule has 1 heterocycles. The maximum Gasteiger partial charge on any atom is 0.165 e. The summed E-state index contributed by atoms with van der Waals surface area (Å²) in [6.07, 6.45) is 5.07. The highest BCUT2D eigenvalue weighted by atomic mass is 15.6. The van der Waals surface area contributed by atoms with Gasteiger partial charge in [0.1, 0.15) is 0 Å². The number of hydrogen-bond donors (Lipinski definition) is 1. The minimum atomic E-state index is -0.0841. The Labute approximate surface area is 143 Å². The molecule has 2 atom stereocenters. The molecule has 0 spiro atoms. The predicted molar refractivity (Wildman–Crippen MR) is 93.5 cm³/mol. The van der Waals surface area contributed by atoms with Gasteiger partial charge in [-0.25, -0.2) is 4.68 Å². The van der Waals surface area contributed by atoms with Gasteiger partial charge in [-0.05, 0) is 79.8 Å². The van der Waals surface area contributed by atoms with Crippen molar-refractivity contribution in [3.8, 4) is 0 Å². The van der Waals surface area contributed by atoms with E-state index in [1.165, 1.54) is 25.7 Å². The van der Waals surface area contributed by atoms with Crippen LogP contribution in [0.4, 0.5) is 0 Å². The quantitative estimate of drug-likeness (QED) is 0.943. The molecule has 2 aliphatic rings. The second-order valence-corrected chi connectivity index (χ2v) is 8.36. The molecule has 0 radical (unpaired) electrons. The van der Waals surface area contributed by atoms with Crippen molar-refractivity contribution in [2.75, 3.05) is 0 Å². The number of hydrogen-bond acceptors (Lipinski definition) is 4. The average molecular weight is 325 g/mol. The molecule has 4 rings (SSSR count). The first kappa shape index (κ1) is 15.8. The molecule has 0 amide bonds. The van der Waals surface area contributed by atoms with Crippen molar-refractivity contribution in [3.05, 3.63) is 41.2 Å². The van der Waals surface area contributed by atoms with Crippen LogP contribution in [0.15, 0.2) is 24.3 Å². The Kier molecular flexibility index (Phi) is 3.91. The van der Waals surface area contributed by atoms with Crippen LogP contribution in [0.5, 0.6) is 0 Å². The fourth-order valence-electron chi connectivity index (χ4n) is 4.53. The van der Waals surface area contributed by atoms with Gasteiger partial charge in [-0.3, -0.25) is 0 Å². The molecule has 1 saturated carbocycles. The fourth-order valence-corrected chi connectivity index (χ4v) is 4.53. The van der Waals surface area contributed by atoms with Crippen LogP contribution in [0, 0.1) is 11.8 Å². The summed E-state index contributed by atoms with van der Waals surface area (Å²) >= 11 is 0. The topological polar surface area (TPSA) is 55.6 Å². The van der Waals surface area contributed by atoms with Gasteiger partial charge in [0.05, 0.1) is 12.1 Å². The highest BCUT2D eigenvalue weighted by Gasteiger charge is 2.38. The first-order chi connectivity index (χ1) is 11.5. The van der Waals surface area contributed by atoms with Crippen molar-refractivity contribution in [1.82, 2.24) is 25.5 Å². The first-order valence-electron chi connectivity index (χ1n) is 9.10. The fraction of sp³-hybridized carbons (Fsp3) is 0.632. The van der Waals surface area contributed by atoms with Gasteiger partial charge >= 0.3 is 0 Å². The van der Waals surface area contributed by atoms with Crippen LogP contribution in [-0.4, -0.2) is 26.2 Å². The summed E-state index contributed by atoms with van der Waals surface area (Å²) in [7, 11) is 0. The Morgan fingerprint density at radius 1 is 1.08 bits per heavy atom. The monoisotopic (exact) mass is 325 g/mol. The number of nitrogens with one attached hydrogen (secondary N) is 1. The molecule has 1 aromatic carbocycles. The zero-order chi connectivity index (χ0) is 16.7. The smallest absolute Gasteiger partial charge is 0.165 e. The third kappa shape index (κ3) is 2.86. The number of rotatable bonds is 3. The largest absolute Gasteiger partial charge is 0.306 e. The molecule has 128 valence electrons. The van der Waals surface area contributed by atoms with E-state index in [-0.39, 0.29) is 5.54 Å². The average Bonchev–Trinajstić information content (AvgIpc) is 3.09. The summed E-state index contributed by atoms with van der Waals surface area (Å²) in [4.78, 5) is 0. The lowest BCUT2D eigenvalue weighted by Gasteiger charge is -2.25. The summed E-state index contributed by atoms with van der Waals surface area (Å²) < 4.78 is 1.94. The molecule has 24 heavy (non-hydrogen) atoms. The molecule has 1 N–H and O–H groups in total. The molecule has 2 aliphatic carbocycles. The van der Waals surface area contributed by atoms with Crippen molar-refractivity contribution in [2.24, 2.45) is 11.8 Å². The van der Waals surface area contributed by atoms with Gasteiger partial charge in [0.15, 0.2) is 5.82 Å². The van der Waals surface area contributed by atoms with Crippen molar-refractivity contribution in [2.45, 2.75) is 64.6 Å². The Morgan fingerprint density at radius 3 is 2.29 bits per heavy atom. The third-order valence-corrected chi connectivity index (χ3v) is 5.67. The molecule has 2 bridgehead atoms. The molecular formula is C19H27N5. The summed E-state index contributed by atoms with van der Waals surface area (Å²) in [5.41, 5.74) is 3.02. The Bertz CT molecular complexity index is 682. The van der Waals surface area contributed by atoms with Crippen molar-refractivity contribution < 1.29 is 0 Å². The summed E-state index contributed by atoms with van der Waals surface area (Å²) in [6.45, 7) is 7.16. The lowest BCUT2D eigenvalue weighted by molar-refractivity contribution is 0.307. The minimum absolute atomic E-state index is 0.0841. The SMILES string of the molecule is CC(C)(C)n1nnnc1CNC1[C@H]2CC[C@H]1Cc1ccccc1C2. The van der Waals surface area contributed by atoms with Gasteiger partial charge in [0.2, 0.25) is 0 Å². The standard InChI is InChI=1S/C19H27N5/c1-19(2,3)24-17(21-22-23-24)12-20-18-15-8-9-16(18)11-14-7-5-4-6-13(14)10-15/h4-7,15-16,18,20H,8-12H2,1-3H3/t15-,16-/m0/s1. The summed E-state index contributed by atoms with van der Waals surface area (Å²) in [5.74, 6) is 2.40. The van der Waals surface area contributed by atoms with Crippen molar-refractivity contribution in [3.63, 3.8) is 0 Å². The zero-order valence-corrected chi connectivity index (χ0v) is 14.9. The molecule has 2 aromatic rings. The molecule has 0 saturated heterocycles. The van der Waals surface area contributed by atoms with E-state index in [0.717, 1.165) is 24.2 Å². The van der Waals surface area contributed by atoms with Gasteiger partial charge in [-0.1, -0.05) is 24.3 Å². The van der Waals surface area contributed by atoms with Gasteiger partial charge in [0, 0.05) is 6.04 Å². The molecular weight excluding hydrogens is 298 g/mol. The van der Waals surface area contributed by atoms with Gasteiger partial charge in [-0.15, -0.1) is 5.10 Å². The second-order valence-electron chi connectivity index (χ2n) is 8.36. The summed E-state index contributed by atoms with van der Waals surface area (Å²) in [5, 5.41) is 16.1. The minimum Gasteiger partial charge on any atom is -0.306 e. The predicted octanol–water partition coefficient (Wildman–Crippen LogP) is 2.71. The van der Waals surface area contributed by atoms with Gasteiger partial charge in [-0.2, -0.15) is 0 Å². The third-order valence-electron chi connectivity index (χ3n) is 5.67. The van der Waals surface area contributed by atoms with Crippen molar-refractivity contribution in [1.29, 1.82) is 0 Å². The van der Waals surface area contributed by atoms with E-state index in [1.54, 1.807) is 11.1 Å². The van der Waals surface area contributed by atoms with Crippen molar-refractivity contribution >= 4 is 0 Å².